The number of aliphatic hydroxyl groups excluding tert-OH is 4. The quantitative estimate of drug-likeness (QED) is 0.0251. The van der Waals surface area contributed by atoms with E-state index in [4.69, 9.17) is 9.47 Å². The minimum Gasteiger partial charge on any atom is -0.394 e. The molecule has 1 heterocycles. The molecule has 0 bridgehead atoms. The maximum absolute atomic E-state index is 13.2. The van der Waals surface area contributed by atoms with E-state index in [1.807, 2.05) is 0 Å². The zero-order valence-electron chi connectivity index (χ0n) is 50.3. The summed E-state index contributed by atoms with van der Waals surface area (Å²) in [7, 11) is -5.08. The minimum absolute atomic E-state index is 0.220. The molecule has 0 aromatic carbocycles. The molecule has 12 nitrogen and oxygen atoms in total. The fourth-order valence-corrected chi connectivity index (χ4v) is 11.8. The molecule has 460 valence electrons. The topological polar surface area (TPSA) is 192 Å². The van der Waals surface area contributed by atoms with Crippen molar-refractivity contribution in [2.75, 3.05) is 13.2 Å². The molecule has 1 aliphatic heterocycles. The lowest BCUT2D eigenvalue weighted by molar-refractivity contribution is -0.298. The van der Waals surface area contributed by atoms with Gasteiger partial charge in [0.05, 0.1) is 25.4 Å². The van der Waals surface area contributed by atoms with Gasteiger partial charge in [-0.3, -0.25) is 9.35 Å². The number of carbonyl (C=O) groups is 1. The van der Waals surface area contributed by atoms with Crippen molar-refractivity contribution >= 4 is 16.3 Å². The second-order valence-corrected chi connectivity index (χ2v) is 24.8. The zero-order chi connectivity index (χ0) is 56.1. The number of nitrogens with one attached hydrogen (secondary N) is 1. The fraction of sp³-hybridized carbons (Fsp3) is 0.984. The van der Waals surface area contributed by atoms with Crippen LogP contribution in [0, 0.1) is 0 Å². The zero-order valence-corrected chi connectivity index (χ0v) is 51.1. The number of ether oxygens (including phenoxy) is 2. The van der Waals surface area contributed by atoms with Gasteiger partial charge in [0.2, 0.25) is 5.91 Å². The van der Waals surface area contributed by atoms with Crippen LogP contribution >= 0.6 is 0 Å². The first kappa shape index (κ1) is 74.1. The van der Waals surface area contributed by atoms with Gasteiger partial charge in [-0.2, -0.15) is 8.42 Å². The van der Waals surface area contributed by atoms with Crippen molar-refractivity contribution in [1.29, 1.82) is 0 Å². The molecule has 0 radical (unpaired) electrons. The first-order valence-electron chi connectivity index (χ1n) is 33.4. The van der Waals surface area contributed by atoms with Crippen LogP contribution in [0.5, 0.6) is 0 Å². The molecule has 7 unspecified atom stereocenters. The molecule has 77 heavy (non-hydrogen) atoms. The van der Waals surface area contributed by atoms with E-state index in [0.29, 0.717) is 12.8 Å². The molecule has 0 spiro atoms. The highest BCUT2D eigenvalue weighted by atomic mass is 32.3. The van der Waals surface area contributed by atoms with Crippen LogP contribution in [0.15, 0.2) is 0 Å². The highest BCUT2D eigenvalue weighted by Crippen LogP contribution is 2.27. The lowest BCUT2D eigenvalue weighted by Gasteiger charge is -2.41. The van der Waals surface area contributed by atoms with Crippen molar-refractivity contribution in [3.8, 4) is 0 Å². The molecular formula is C64H127NO11S. The fourth-order valence-electron chi connectivity index (χ4n) is 11.3. The summed E-state index contributed by atoms with van der Waals surface area (Å²) in [6, 6.07) is -0.854. The van der Waals surface area contributed by atoms with Crippen molar-refractivity contribution in [3.05, 3.63) is 0 Å². The summed E-state index contributed by atoms with van der Waals surface area (Å²) < 4.78 is 48.1. The molecule has 0 aromatic heterocycles. The molecule has 7 atom stereocenters. The van der Waals surface area contributed by atoms with Gasteiger partial charge in [0.25, 0.3) is 0 Å². The molecule has 13 heteroatoms. The van der Waals surface area contributed by atoms with E-state index < -0.39 is 59.9 Å². The number of amides is 1. The lowest BCUT2D eigenvalue weighted by Crippen LogP contribution is -2.61. The van der Waals surface area contributed by atoms with Crippen LogP contribution in [0.3, 0.4) is 0 Å². The smallest absolute Gasteiger partial charge is 0.394 e. The average molecular weight is 1120 g/mol. The first-order valence-corrected chi connectivity index (χ1v) is 34.8. The SMILES string of the molecule is CCCCCCCCCCCCCCCCCCCCCCCCCCCCCCC(=O)NC(COC1OC(CO)C(O)C(OS(=O)(=O)O)C1O)C(O)CCCCCCCCCCCCCCCCCCCCCCCC. The van der Waals surface area contributed by atoms with Crippen LogP contribution in [-0.4, -0.2) is 95.4 Å². The number of hydrogen-bond acceptors (Lipinski definition) is 10. The van der Waals surface area contributed by atoms with Gasteiger partial charge in [-0.05, 0) is 12.8 Å². The molecular weight excluding hydrogens is 991 g/mol. The van der Waals surface area contributed by atoms with Gasteiger partial charge >= 0.3 is 10.4 Å². The number of unbranched alkanes of at least 4 members (excludes halogenated alkanes) is 48. The Morgan fingerprint density at radius 1 is 0.468 bits per heavy atom. The van der Waals surface area contributed by atoms with E-state index in [1.54, 1.807) is 0 Å². The van der Waals surface area contributed by atoms with Crippen molar-refractivity contribution in [3.63, 3.8) is 0 Å². The van der Waals surface area contributed by atoms with Crippen LogP contribution in [0.1, 0.15) is 348 Å². The number of aliphatic hydroxyl groups is 4. The van der Waals surface area contributed by atoms with Crippen molar-refractivity contribution < 1.29 is 51.8 Å². The van der Waals surface area contributed by atoms with E-state index in [1.165, 1.54) is 270 Å². The summed E-state index contributed by atoms with van der Waals surface area (Å²) in [6.07, 6.45) is 57.0. The number of carbonyl (C=O) groups excluding carboxylic acids is 1. The summed E-state index contributed by atoms with van der Waals surface area (Å²) in [5.41, 5.74) is 0. The summed E-state index contributed by atoms with van der Waals surface area (Å²) in [4.78, 5) is 13.2. The normalized spacial score (nSPS) is 18.8. The van der Waals surface area contributed by atoms with Crippen LogP contribution in [0.4, 0.5) is 0 Å². The second kappa shape index (κ2) is 54.4. The van der Waals surface area contributed by atoms with Crippen LogP contribution in [0.2, 0.25) is 0 Å². The van der Waals surface area contributed by atoms with Crippen molar-refractivity contribution in [1.82, 2.24) is 5.32 Å². The predicted octanol–water partition coefficient (Wildman–Crippen LogP) is 16.8. The highest BCUT2D eigenvalue weighted by molar-refractivity contribution is 7.80. The number of rotatable bonds is 60. The molecule has 0 aliphatic carbocycles. The Bertz CT molecular complexity index is 1360. The maximum atomic E-state index is 13.2. The Kier molecular flexibility index (Phi) is 52.3. The third-order valence-corrected chi connectivity index (χ3v) is 16.9. The third kappa shape index (κ3) is 46.3. The average Bonchev–Trinajstić information content (AvgIpc) is 3.41. The summed E-state index contributed by atoms with van der Waals surface area (Å²) in [5, 5.41) is 45.3. The van der Waals surface area contributed by atoms with E-state index in [0.717, 1.165) is 51.4 Å². The van der Waals surface area contributed by atoms with Gasteiger partial charge in [-0.15, -0.1) is 0 Å². The largest absolute Gasteiger partial charge is 0.397 e. The predicted molar refractivity (Wildman–Crippen MR) is 320 cm³/mol. The first-order chi connectivity index (χ1) is 37.5. The van der Waals surface area contributed by atoms with Crippen molar-refractivity contribution in [2.24, 2.45) is 0 Å². The summed E-state index contributed by atoms with van der Waals surface area (Å²) >= 11 is 0. The van der Waals surface area contributed by atoms with Gasteiger partial charge in [-0.1, -0.05) is 328 Å². The van der Waals surface area contributed by atoms with E-state index >= 15 is 0 Å². The van der Waals surface area contributed by atoms with Gasteiger partial charge < -0.3 is 35.2 Å². The molecule has 1 amide bonds. The summed E-state index contributed by atoms with van der Waals surface area (Å²) in [5.74, 6) is -0.220. The monoisotopic (exact) mass is 1120 g/mol. The Hall–Kier alpha value is -0.900. The standard InChI is InChI=1S/C64H127NO11S/c1-3-5-7-9-11-13-15-17-19-21-23-25-27-28-29-30-31-32-34-36-38-40-42-44-46-48-50-52-54-60(68)65-57(56-74-64-62(70)63(76-77(71,72)73)61(69)59(55-66)75-64)58(67)53-51-49-47-45-43-41-39-37-35-33-26-24-22-20-18-16-14-12-10-8-6-4-2/h57-59,61-64,66-67,69-70H,3-56H2,1-2H3,(H,65,68)(H,71,72,73). The van der Waals surface area contributed by atoms with E-state index in [-0.39, 0.29) is 12.5 Å². The Balaban J connectivity index is 2.25. The molecule has 1 aliphatic rings. The Morgan fingerprint density at radius 2 is 0.753 bits per heavy atom. The van der Waals surface area contributed by atoms with Crippen LogP contribution < -0.4 is 5.32 Å². The highest BCUT2D eigenvalue weighted by Gasteiger charge is 2.48. The third-order valence-electron chi connectivity index (χ3n) is 16.4. The second-order valence-electron chi connectivity index (χ2n) is 23.8. The van der Waals surface area contributed by atoms with Gasteiger partial charge in [0.15, 0.2) is 6.29 Å². The molecule has 0 saturated carbocycles. The summed E-state index contributed by atoms with van der Waals surface area (Å²) in [6.45, 7) is 3.53. The van der Waals surface area contributed by atoms with Gasteiger partial charge in [0, 0.05) is 6.42 Å². The Morgan fingerprint density at radius 3 is 1.04 bits per heavy atom. The van der Waals surface area contributed by atoms with Crippen molar-refractivity contribution in [2.45, 2.75) is 391 Å². The molecule has 1 saturated heterocycles. The minimum atomic E-state index is -5.08. The van der Waals surface area contributed by atoms with Crippen LogP contribution in [-0.2, 0) is 28.9 Å². The van der Waals surface area contributed by atoms with Gasteiger partial charge in [0.1, 0.15) is 24.4 Å². The van der Waals surface area contributed by atoms with E-state index in [9.17, 15) is 38.2 Å². The molecule has 1 rings (SSSR count). The Labute approximate surface area is 475 Å². The number of hydrogen-bond donors (Lipinski definition) is 6. The van der Waals surface area contributed by atoms with Gasteiger partial charge in [-0.25, -0.2) is 4.18 Å². The van der Waals surface area contributed by atoms with Crippen LogP contribution in [0.25, 0.3) is 0 Å². The molecule has 1 fully saturated rings. The molecule has 0 aromatic rings. The maximum Gasteiger partial charge on any atom is 0.397 e. The van der Waals surface area contributed by atoms with E-state index in [2.05, 4.69) is 23.3 Å². The molecule has 6 N–H and O–H groups in total. The lowest BCUT2D eigenvalue weighted by atomic mass is 9.99.